The van der Waals surface area contributed by atoms with Crippen molar-refractivity contribution in [3.63, 3.8) is 0 Å². The fourth-order valence-corrected chi connectivity index (χ4v) is 3.44. The van der Waals surface area contributed by atoms with Gasteiger partial charge >= 0.3 is 17.1 Å². The highest BCUT2D eigenvalue weighted by atomic mass is 32.2. The number of carbonyl (C=O) groups is 1. The molecule has 0 saturated carbocycles. The SMILES string of the molecule is CCn1c(=O)[nH]c(=O)n(-c2ccc(Sc3ccc(NC(C)=O)cc3)cc2)c1=O. The molecule has 1 amide bonds. The minimum Gasteiger partial charge on any atom is -0.326 e. The Labute approximate surface area is 163 Å². The number of H-pyrrole nitrogens is 1. The smallest absolute Gasteiger partial charge is 0.326 e. The molecule has 0 saturated heterocycles. The van der Waals surface area contributed by atoms with Gasteiger partial charge in [0.2, 0.25) is 5.91 Å². The molecule has 9 heteroatoms. The van der Waals surface area contributed by atoms with Gasteiger partial charge in [-0.2, -0.15) is 0 Å². The molecule has 0 atom stereocenters. The van der Waals surface area contributed by atoms with Gasteiger partial charge in [0.25, 0.3) is 0 Å². The predicted molar refractivity (Wildman–Crippen MR) is 107 cm³/mol. The molecule has 8 nitrogen and oxygen atoms in total. The second kappa shape index (κ2) is 8.13. The van der Waals surface area contributed by atoms with E-state index in [0.717, 1.165) is 24.6 Å². The number of hydrogen-bond acceptors (Lipinski definition) is 5. The Morgan fingerprint density at radius 3 is 2.07 bits per heavy atom. The normalized spacial score (nSPS) is 10.6. The van der Waals surface area contributed by atoms with Crippen LogP contribution in [0.25, 0.3) is 5.69 Å². The lowest BCUT2D eigenvalue weighted by molar-refractivity contribution is -0.114. The number of nitrogens with one attached hydrogen (secondary N) is 2. The van der Waals surface area contributed by atoms with Gasteiger partial charge in [-0.3, -0.25) is 9.78 Å². The van der Waals surface area contributed by atoms with E-state index in [9.17, 15) is 19.2 Å². The summed E-state index contributed by atoms with van der Waals surface area (Å²) in [6.45, 7) is 3.27. The van der Waals surface area contributed by atoms with Gasteiger partial charge in [0.05, 0.1) is 5.69 Å². The van der Waals surface area contributed by atoms with Crippen LogP contribution in [0.15, 0.2) is 72.7 Å². The molecule has 3 aromatic rings. The highest BCUT2D eigenvalue weighted by Crippen LogP contribution is 2.28. The lowest BCUT2D eigenvalue weighted by Gasteiger charge is -2.08. The van der Waals surface area contributed by atoms with Crippen LogP contribution >= 0.6 is 11.8 Å². The van der Waals surface area contributed by atoms with E-state index in [1.807, 2.05) is 24.3 Å². The summed E-state index contributed by atoms with van der Waals surface area (Å²) in [6.07, 6.45) is 0. The van der Waals surface area contributed by atoms with Crippen molar-refractivity contribution in [2.45, 2.75) is 30.2 Å². The first-order valence-corrected chi connectivity index (χ1v) is 9.33. The molecule has 1 aromatic heterocycles. The average molecular weight is 398 g/mol. The molecular weight excluding hydrogens is 380 g/mol. The van der Waals surface area contributed by atoms with E-state index in [1.54, 1.807) is 31.2 Å². The molecule has 0 aliphatic rings. The van der Waals surface area contributed by atoms with Crippen LogP contribution in [0, 0.1) is 0 Å². The van der Waals surface area contributed by atoms with Crippen molar-refractivity contribution in [2.75, 3.05) is 5.32 Å². The Morgan fingerprint density at radius 2 is 1.54 bits per heavy atom. The minimum absolute atomic E-state index is 0.129. The molecule has 0 unspecified atom stereocenters. The second-order valence-electron chi connectivity index (χ2n) is 5.90. The van der Waals surface area contributed by atoms with Crippen LogP contribution in [-0.2, 0) is 11.3 Å². The predicted octanol–water partition coefficient (Wildman–Crippen LogP) is 1.82. The van der Waals surface area contributed by atoms with E-state index >= 15 is 0 Å². The Morgan fingerprint density at radius 1 is 0.964 bits per heavy atom. The van der Waals surface area contributed by atoms with Crippen molar-refractivity contribution in [3.8, 4) is 5.69 Å². The van der Waals surface area contributed by atoms with Crippen LogP contribution in [-0.4, -0.2) is 20.0 Å². The number of anilines is 1. The number of benzene rings is 2. The van der Waals surface area contributed by atoms with Crippen molar-refractivity contribution < 1.29 is 4.79 Å². The van der Waals surface area contributed by atoms with Crippen LogP contribution in [0.3, 0.4) is 0 Å². The molecule has 0 bridgehead atoms. The summed E-state index contributed by atoms with van der Waals surface area (Å²) in [5.41, 5.74) is -1.07. The maximum atomic E-state index is 12.4. The van der Waals surface area contributed by atoms with Gasteiger partial charge in [0.1, 0.15) is 0 Å². The van der Waals surface area contributed by atoms with Gasteiger partial charge in [0, 0.05) is 28.9 Å². The summed E-state index contributed by atoms with van der Waals surface area (Å²) in [4.78, 5) is 51.2. The molecule has 2 N–H and O–H groups in total. The van der Waals surface area contributed by atoms with Crippen LogP contribution < -0.4 is 22.4 Å². The molecule has 1 heterocycles. The number of amides is 1. The second-order valence-corrected chi connectivity index (χ2v) is 7.05. The van der Waals surface area contributed by atoms with Gasteiger partial charge in [-0.05, 0) is 55.5 Å². The van der Waals surface area contributed by atoms with Crippen molar-refractivity contribution >= 4 is 23.4 Å². The van der Waals surface area contributed by atoms with Crippen molar-refractivity contribution in [2.24, 2.45) is 0 Å². The lowest BCUT2D eigenvalue weighted by Crippen LogP contribution is -2.48. The summed E-state index contributed by atoms with van der Waals surface area (Å²) >= 11 is 1.50. The van der Waals surface area contributed by atoms with Crippen molar-refractivity contribution in [1.82, 2.24) is 14.1 Å². The number of hydrogen-bond donors (Lipinski definition) is 2. The van der Waals surface area contributed by atoms with Gasteiger partial charge in [-0.1, -0.05) is 11.8 Å². The molecule has 0 fully saturated rings. The Bertz CT molecular complexity index is 1170. The van der Waals surface area contributed by atoms with Crippen LogP contribution in [0.5, 0.6) is 0 Å². The number of aromatic amines is 1. The fourth-order valence-electron chi connectivity index (χ4n) is 2.62. The Balaban J connectivity index is 1.85. The van der Waals surface area contributed by atoms with Crippen molar-refractivity contribution in [3.05, 3.63) is 80.0 Å². The zero-order valence-electron chi connectivity index (χ0n) is 15.3. The number of rotatable bonds is 5. The first-order chi connectivity index (χ1) is 13.4. The number of carbonyl (C=O) groups excluding carboxylic acids is 1. The van der Waals surface area contributed by atoms with Crippen LogP contribution in [0.4, 0.5) is 5.69 Å². The molecule has 0 aliphatic heterocycles. The number of aromatic nitrogens is 3. The zero-order valence-corrected chi connectivity index (χ0v) is 16.1. The standard InChI is InChI=1S/C19H18N4O4S/c1-3-22-17(25)21-18(26)23(19(22)27)14-6-10-16(11-7-14)28-15-8-4-13(5-9-15)20-12(2)24/h4-11H,3H2,1-2H3,(H,20,24)(H,21,25,26). The molecule has 3 rings (SSSR count). The summed E-state index contributed by atoms with van der Waals surface area (Å²) in [5, 5.41) is 2.71. The first-order valence-electron chi connectivity index (χ1n) is 8.51. The molecule has 0 radical (unpaired) electrons. The lowest BCUT2D eigenvalue weighted by atomic mass is 10.3. The molecular formula is C19H18N4O4S. The van der Waals surface area contributed by atoms with Gasteiger partial charge < -0.3 is 5.32 Å². The van der Waals surface area contributed by atoms with E-state index in [2.05, 4.69) is 10.3 Å². The van der Waals surface area contributed by atoms with E-state index in [1.165, 1.54) is 18.7 Å². The Hall–Kier alpha value is -3.33. The van der Waals surface area contributed by atoms with E-state index in [4.69, 9.17) is 0 Å². The fraction of sp³-hybridized carbons (Fsp3) is 0.158. The highest BCUT2D eigenvalue weighted by Gasteiger charge is 2.10. The Kier molecular flexibility index (Phi) is 5.65. The first kappa shape index (κ1) is 19.4. The molecule has 28 heavy (non-hydrogen) atoms. The van der Waals surface area contributed by atoms with Gasteiger partial charge in [-0.15, -0.1) is 0 Å². The summed E-state index contributed by atoms with van der Waals surface area (Å²) in [6, 6.07) is 14.3. The monoisotopic (exact) mass is 398 g/mol. The average Bonchev–Trinajstić information content (AvgIpc) is 2.64. The third kappa shape index (κ3) is 4.15. The highest BCUT2D eigenvalue weighted by molar-refractivity contribution is 7.99. The van der Waals surface area contributed by atoms with E-state index < -0.39 is 17.1 Å². The third-order valence-electron chi connectivity index (χ3n) is 3.91. The van der Waals surface area contributed by atoms with Gasteiger partial charge in [0.15, 0.2) is 0 Å². The molecule has 2 aromatic carbocycles. The van der Waals surface area contributed by atoms with E-state index in [0.29, 0.717) is 5.69 Å². The minimum atomic E-state index is -0.770. The number of nitrogens with zero attached hydrogens (tertiary/aromatic N) is 2. The third-order valence-corrected chi connectivity index (χ3v) is 4.92. The summed E-state index contributed by atoms with van der Waals surface area (Å²) in [5.74, 6) is -0.129. The summed E-state index contributed by atoms with van der Waals surface area (Å²) < 4.78 is 1.89. The van der Waals surface area contributed by atoms with Crippen LogP contribution in [0.2, 0.25) is 0 Å². The summed E-state index contributed by atoms with van der Waals surface area (Å²) in [7, 11) is 0. The zero-order chi connectivity index (χ0) is 20.3. The maximum Gasteiger partial charge on any atom is 0.340 e. The van der Waals surface area contributed by atoms with Crippen LogP contribution in [0.1, 0.15) is 13.8 Å². The molecule has 0 spiro atoms. The van der Waals surface area contributed by atoms with Gasteiger partial charge in [-0.25, -0.2) is 23.5 Å². The van der Waals surface area contributed by atoms with Crippen molar-refractivity contribution in [1.29, 1.82) is 0 Å². The largest absolute Gasteiger partial charge is 0.340 e. The topological polar surface area (TPSA) is 106 Å². The maximum absolute atomic E-state index is 12.4. The van der Waals surface area contributed by atoms with E-state index in [-0.39, 0.29) is 12.5 Å². The molecule has 0 aliphatic carbocycles. The molecule has 144 valence electrons. The quantitative estimate of drug-likeness (QED) is 0.682.